The summed E-state index contributed by atoms with van der Waals surface area (Å²) in [5.74, 6) is -0.109. The van der Waals surface area contributed by atoms with Gasteiger partial charge in [0.1, 0.15) is 5.69 Å². The summed E-state index contributed by atoms with van der Waals surface area (Å²) in [6.45, 7) is 1.93. The molecule has 0 unspecified atom stereocenters. The molecular formula is C13H13BrN2O2. The van der Waals surface area contributed by atoms with Gasteiger partial charge >= 0.3 is 0 Å². The number of nitrogens with two attached hydrogens (primary N) is 1. The van der Waals surface area contributed by atoms with Crippen molar-refractivity contribution in [2.24, 2.45) is 0 Å². The third-order valence-corrected chi connectivity index (χ3v) is 4.34. The molecule has 1 aliphatic carbocycles. The van der Waals surface area contributed by atoms with E-state index in [1.807, 2.05) is 13.0 Å². The maximum absolute atomic E-state index is 12.2. The molecule has 4 nitrogen and oxygen atoms in total. The zero-order valence-electron chi connectivity index (χ0n) is 9.90. The molecule has 0 amide bonds. The van der Waals surface area contributed by atoms with E-state index in [1.54, 1.807) is 10.6 Å². The van der Waals surface area contributed by atoms with Crippen molar-refractivity contribution >= 4 is 32.5 Å². The van der Waals surface area contributed by atoms with Crippen LogP contribution in [0.15, 0.2) is 21.4 Å². The standard InChI is InChI=1S/C13H13BrN2O2/c1-6-9(14)5-4-8-11(6)16(7-2-3-7)13(18)10(15)12(8)17/h4-5,7,17H,2-3,15H2,1H3. The van der Waals surface area contributed by atoms with Crippen LogP contribution in [-0.4, -0.2) is 9.67 Å². The lowest BCUT2D eigenvalue weighted by molar-refractivity contribution is 0.481. The van der Waals surface area contributed by atoms with Crippen molar-refractivity contribution in [2.45, 2.75) is 25.8 Å². The van der Waals surface area contributed by atoms with Gasteiger partial charge in [-0.3, -0.25) is 4.79 Å². The van der Waals surface area contributed by atoms with E-state index in [-0.39, 0.29) is 23.0 Å². The number of anilines is 1. The summed E-state index contributed by atoms with van der Waals surface area (Å²) in [5.41, 5.74) is 7.09. The summed E-state index contributed by atoms with van der Waals surface area (Å²) in [6, 6.07) is 3.87. The molecule has 0 bridgehead atoms. The molecule has 0 saturated heterocycles. The van der Waals surface area contributed by atoms with Crippen LogP contribution in [0.4, 0.5) is 5.69 Å². The van der Waals surface area contributed by atoms with Gasteiger partial charge in [-0.2, -0.15) is 0 Å². The number of pyridine rings is 1. The van der Waals surface area contributed by atoms with Crippen molar-refractivity contribution in [3.05, 3.63) is 32.5 Å². The third-order valence-electron chi connectivity index (χ3n) is 3.48. The summed E-state index contributed by atoms with van der Waals surface area (Å²) in [5, 5.41) is 10.7. The topological polar surface area (TPSA) is 68.2 Å². The van der Waals surface area contributed by atoms with Gasteiger partial charge in [0.15, 0.2) is 5.75 Å². The van der Waals surface area contributed by atoms with Crippen LogP contribution in [0.5, 0.6) is 5.75 Å². The first-order chi connectivity index (χ1) is 8.52. The minimum atomic E-state index is -0.288. The molecule has 94 valence electrons. The van der Waals surface area contributed by atoms with Crippen molar-refractivity contribution in [1.82, 2.24) is 4.57 Å². The van der Waals surface area contributed by atoms with Crippen LogP contribution in [0.1, 0.15) is 24.4 Å². The summed E-state index contributed by atoms with van der Waals surface area (Å²) in [6.07, 6.45) is 1.98. The van der Waals surface area contributed by atoms with Crippen molar-refractivity contribution < 1.29 is 5.11 Å². The van der Waals surface area contributed by atoms with Gasteiger partial charge in [0.25, 0.3) is 5.56 Å². The Morgan fingerprint density at radius 2 is 2.11 bits per heavy atom. The third kappa shape index (κ3) is 1.47. The van der Waals surface area contributed by atoms with Crippen LogP contribution >= 0.6 is 15.9 Å². The second-order valence-corrected chi connectivity index (χ2v) is 5.59. The van der Waals surface area contributed by atoms with Gasteiger partial charge in [-0.15, -0.1) is 0 Å². The Morgan fingerprint density at radius 3 is 2.72 bits per heavy atom. The number of nitrogen functional groups attached to an aromatic ring is 1. The molecular weight excluding hydrogens is 296 g/mol. The number of hydrogen-bond acceptors (Lipinski definition) is 3. The largest absolute Gasteiger partial charge is 0.505 e. The van der Waals surface area contributed by atoms with E-state index in [4.69, 9.17) is 5.73 Å². The summed E-state index contributed by atoms with van der Waals surface area (Å²) in [7, 11) is 0. The quantitative estimate of drug-likeness (QED) is 0.851. The number of benzene rings is 1. The number of hydrogen-bond donors (Lipinski definition) is 2. The summed E-state index contributed by atoms with van der Waals surface area (Å²) >= 11 is 3.46. The van der Waals surface area contributed by atoms with Gasteiger partial charge in [-0.05, 0) is 37.5 Å². The van der Waals surface area contributed by atoms with Crippen LogP contribution in [0.3, 0.4) is 0 Å². The number of fused-ring (bicyclic) bond motifs is 1. The number of aromatic hydroxyl groups is 1. The second-order valence-electron chi connectivity index (χ2n) is 4.74. The lowest BCUT2D eigenvalue weighted by Crippen LogP contribution is -2.23. The number of aryl methyl sites for hydroxylation is 1. The highest BCUT2D eigenvalue weighted by Gasteiger charge is 2.29. The van der Waals surface area contributed by atoms with Crippen molar-refractivity contribution in [3.63, 3.8) is 0 Å². The molecule has 3 rings (SSSR count). The molecule has 2 aromatic rings. The molecule has 0 radical (unpaired) electrons. The number of aromatic nitrogens is 1. The summed E-state index contributed by atoms with van der Waals surface area (Å²) in [4.78, 5) is 12.2. The van der Waals surface area contributed by atoms with E-state index in [9.17, 15) is 9.90 Å². The molecule has 18 heavy (non-hydrogen) atoms. The Balaban J connectivity index is 2.57. The predicted molar refractivity (Wildman–Crippen MR) is 75.0 cm³/mol. The van der Waals surface area contributed by atoms with Gasteiger partial charge in [0.05, 0.1) is 5.52 Å². The highest BCUT2D eigenvalue weighted by molar-refractivity contribution is 9.10. The Hall–Kier alpha value is -1.49. The Bertz CT molecular complexity index is 717. The van der Waals surface area contributed by atoms with Crippen molar-refractivity contribution in [2.75, 3.05) is 5.73 Å². The molecule has 1 aromatic carbocycles. The van der Waals surface area contributed by atoms with Crippen LogP contribution < -0.4 is 11.3 Å². The molecule has 0 spiro atoms. The van der Waals surface area contributed by atoms with Gasteiger partial charge in [0, 0.05) is 15.9 Å². The predicted octanol–water partition coefficient (Wildman–Crippen LogP) is 2.70. The van der Waals surface area contributed by atoms with Crippen LogP contribution in [-0.2, 0) is 0 Å². The van der Waals surface area contributed by atoms with E-state index in [0.29, 0.717) is 5.39 Å². The maximum Gasteiger partial charge on any atom is 0.278 e. The second kappa shape index (κ2) is 3.75. The van der Waals surface area contributed by atoms with Crippen LogP contribution in [0, 0.1) is 6.92 Å². The maximum atomic E-state index is 12.2. The lowest BCUT2D eigenvalue weighted by atomic mass is 10.1. The van der Waals surface area contributed by atoms with Gasteiger partial charge in [-0.25, -0.2) is 0 Å². The van der Waals surface area contributed by atoms with Crippen LogP contribution in [0.2, 0.25) is 0 Å². The Labute approximate surface area is 112 Å². The first-order valence-corrected chi connectivity index (χ1v) is 6.63. The van der Waals surface area contributed by atoms with Gasteiger partial charge < -0.3 is 15.4 Å². The number of nitrogens with zero attached hydrogens (tertiary/aromatic N) is 1. The first kappa shape index (κ1) is 11.6. The summed E-state index contributed by atoms with van der Waals surface area (Å²) < 4.78 is 2.65. The Kier molecular flexibility index (Phi) is 2.41. The minimum Gasteiger partial charge on any atom is -0.505 e. The Morgan fingerprint density at radius 1 is 1.44 bits per heavy atom. The van der Waals surface area contributed by atoms with Crippen molar-refractivity contribution in [1.29, 1.82) is 0 Å². The SMILES string of the molecule is Cc1c(Br)ccc2c(O)c(N)c(=O)n(C3CC3)c12. The van der Waals surface area contributed by atoms with E-state index in [2.05, 4.69) is 15.9 Å². The zero-order chi connectivity index (χ0) is 13.0. The van der Waals surface area contributed by atoms with E-state index < -0.39 is 0 Å². The molecule has 1 aromatic heterocycles. The van der Waals surface area contributed by atoms with Gasteiger partial charge in [0.2, 0.25) is 0 Å². The molecule has 0 aliphatic heterocycles. The van der Waals surface area contributed by atoms with E-state index in [0.717, 1.165) is 28.4 Å². The molecule has 5 heteroatoms. The van der Waals surface area contributed by atoms with Crippen molar-refractivity contribution in [3.8, 4) is 5.75 Å². The first-order valence-electron chi connectivity index (χ1n) is 5.84. The fourth-order valence-electron chi connectivity index (χ4n) is 2.34. The lowest BCUT2D eigenvalue weighted by Gasteiger charge is -2.15. The highest BCUT2D eigenvalue weighted by atomic mass is 79.9. The molecule has 1 aliphatic rings. The normalized spacial score (nSPS) is 15.2. The average molecular weight is 309 g/mol. The number of rotatable bonds is 1. The monoisotopic (exact) mass is 308 g/mol. The van der Waals surface area contributed by atoms with E-state index in [1.165, 1.54) is 0 Å². The molecule has 1 saturated carbocycles. The van der Waals surface area contributed by atoms with Gasteiger partial charge in [-0.1, -0.05) is 15.9 Å². The molecule has 3 N–H and O–H groups in total. The molecule has 1 heterocycles. The smallest absolute Gasteiger partial charge is 0.278 e. The van der Waals surface area contributed by atoms with Crippen LogP contribution in [0.25, 0.3) is 10.9 Å². The fourth-order valence-corrected chi connectivity index (χ4v) is 2.66. The molecule has 1 fully saturated rings. The fraction of sp³-hybridized carbons (Fsp3) is 0.308. The molecule has 0 atom stereocenters. The van der Waals surface area contributed by atoms with E-state index >= 15 is 0 Å². The number of halogens is 1. The average Bonchev–Trinajstić information content (AvgIpc) is 3.16. The zero-order valence-corrected chi connectivity index (χ0v) is 11.5. The minimum absolute atomic E-state index is 0.0591. The highest BCUT2D eigenvalue weighted by Crippen LogP contribution is 2.40.